The number of ketones is 2. The van der Waals surface area contributed by atoms with Crippen LogP contribution in [0.2, 0.25) is 0 Å². The Labute approximate surface area is 254 Å². The van der Waals surface area contributed by atoms with Gasteiger partial charge in [0, 0.05) is 12.3 Å². The lowest BCUT2D eigenvalue weighted by atomic mass is 9.94. The molecule has 17 heteroatoms. The second-order valence-electron chi connectivity index (χ2n) is 10.3. The number of rotatable bonds is 12. The van der Waals surface area contributed by atoms with E-state index in [1.165, 1.54) is 13.8 Å². The van der Waals surface area contributed by atoms with Gasteiger partial charge in [-0.1, -0.05) is 25.1 Å². The number of para-hydroxylation sites is 1. The summed E-state index contributed by atoms with van der Waals surface area (Å²) in [5, 5.41) is 25.1. The molecule has 14 nitrogen and oxygen atoms in total. The maximum atomic E-state index is 16.3. The van der Waals surface area contributed by atoms with Gasteiger partial charge in [-0.15, -0.1) is 5.10 Å². The first-order valence-corrected chi connectivity index (χ1v) is 15.6. The van der Waals surface area contributed by atoms with Crippen molar-refractivity contribution in [3.05, 3.63) is 41.7 Å². The minimum absolute atomic E-state index is 0.0422. The Morgan fingerprint density at radius 3 is 2.70 bits per heavy atom. The maximum Gasteiger partial charge on any atom is 0.380 e. The van der Waals surface area contributed by atoms with Gasteiger partial charge in [-0.05, 0) is 47.8 Å². The number of halogens is 2. The van der Waals surface area contributed by atoms with Crippen LogP contribution in [-0.2, 0) is 35.4 Å². The molecule has 0 spiro atoms. The van der Waals surface area contributed by atoms with E-state index in [0.29, 0.717) is 12.0 Å². The highest BCUT2D eigenvalue weighted by molar-refractivity contribution is 9.10. The second kappa shape index (κ2) is 12.3. The van der Waals surface area contributed by atoms with E-state index in [-0.39, 0.29) is 53.0 Å². The van der Waals surface area contributed by atoms with Crippen molar-refractivity contribution in [1.29, 1.82) is 5.26 Å². The zero-order valence-corrected chi connectivity index (χ0v) is 25.9. The van der Waals surface area contributed by atoms with Gasteiger partial charge >= 0.3 is 7.60 Å². The Morgan fingerprint density at radius 2 is 2.05 bits per heavy atom. The highest BCUT2D eigenvalue weighted by atomic mass is 79.9. The summed E-state index contributed by atoms with van der Waals surface area (Å²) in [6.07, 6.45) is -2.39. The molecule has 1 aliphatic rings. The number of hydrogen-bond donors (Lipinski definition) is 3. The number of nitrogens with two attached hydrogens (primary N) is 2. The number of anilines is 2. The van der Waals surface area contributed by atoms with Gasteiger partial charge in [0.2, 0.25) is 16.1 Å². The van der Waals surface area contributed by atoms with E-state index >= 15 is 4.39 Å². The summed E-state index contributed by atoms with van der Waals surface area (Å²) in [7, 11) is -4.20. The summed E-state index contributed by atoms with van der Waals surface area (Å²) >= 11 is 2.81. The molecule has 1 saturated heterocycles. The SMILES string of the molecule is CC(=O)CCc1ccccc1OP(=O)(C[C@@H](C)C(C)=O)OC[C@H]1O[C@@](C#N)(c2cnc3c(N)nc(N)nn23)C(F)(Br)[C@H]1O. The highest BCUT2D eigenvalue weighted by Gasteiger charge is 2.69. The van der Waals surface area contributed by atoms with Crippen molar-refractivity contribution in [3.8, 4) is 11.8 Å². The fourth-order valence-electron chi connectivity index (χ4n) is 4.51. The van der Waals surface area contributed by atoms with Gasteiger partial charge in [-0.3, -0.25) is 9.32 Å². The number of Topliss-reactive ketones (excluding diaryl/α,β-unsaturated/α-hetero) is 2. The quantitative estimate of drug-likeness (QED) is 0.185. The molecular formula is C26H30BrFN7O7P. The summed E-state index contributed by atoms with van der Waals surface area (Å²) in [5.41, 5.74) is 9.23. The zero-order chi connectivity index (χ0) is 31.7. The van der Waals surface area contributed by atoms with Crippen LogP contribution >= 0.6 is 23.5 Å². The number of benzene rings is 1. The lowest BCUT2D eigenvalue weighted by molar-refractivity contribution is -0.120. The van der Waals surface area contributed by atoms with Gasteiger partial charge < -0.3 is 30.6 Å². The van der Waals surface area contributed by atoms with Crippen LogP contribution in [0.4, 0.5) is 16.2 Å². The molecule has 0 saturated carbocycles. The molecular weight excluding hydrogens is 652 g/mol. The number of imidazole rings is 1. The number of nitrogens with zero attached hydrogens (tertiary/aromatic N) is 5. The first-order chi connectivity index (χ1) is 20.1. The van der Waals surface area contributed by atoms with Crippen molar-refractivity contribution in [2.45, 2.75) is 56.0 Å². The molecule has 2 unspecified atom stereocenters. The van der Waals surface area contributed by atoms with Crippen molar-refractivity contribution >= 4 is 52.5 Å². The number of aryl methyl sites for hydroxylation is 1. The summed E-state index contributed by atoms with van der Waals surface area (Å²) in [5.74, 6) is -1.37. The minimum atomic E-state index is -4.20. The molecule has 230 valence electrons. The zero-order valence-electron chi connectivity index (χ0n) is 23.4. The summed E-state index contributed by atoms with van der Waals surface area (Å²) in [6.45, 7) is 3.59. The number of hydrogen-bond acceptors (Lipinski definition) is 13. The first kappa shape index (κ1) is 32.4. The Balaban J connectivity index is 1.66. The molecule has 2 aromatic heterocycles. The van der Waals surface area contributed by atoms with Crippen LogP contribution in [0, 0.1) is 17.2 Å². The number of aliphatic hydroxyl groups excluding tert-OH is 1. The predicted octanol–water partition coefficient (Wildman–Crippen LogP) is 2.86. The third-order valence-electron chi connectivity index (χ3n) is 7.03. The molecule has 0 aliphatic carbocycles. The number of aliphatic hydroxyl groups is 1. The Hall–Kier alpha value is -3.48. The second-order valence-corrected chi connectivity index (χ2v) is 13.4. The number of fused-ring (bicyclic) bond motifs is 1. The molecule has 1 fully saturated rings. The molecule has 3 aromatic rings. The third kappa shape index (κ3) is 6.27. The molecule has 0 bridgehead atoms. The van der Waals surface area contributed by atoms with Gasteiger partial charge in [0.05, 0.1) is 19.0 Å². The molecule has 1 aromatic carbocycles. The number of ether oxygens (including phenoxy) is 1. The van der Waals surface area contributed by atoms with Crippen LogP contribution in [-0.4, -0.2) is 65.8 Å². The van der Waals surface area contributed by atoms with Gasteiger partial charge in [0.15, 0.2) is 11.5 Å². The molecule has 1 aliphatic heterocycles. The molecule has 6 atom stereocenters. The van der Waals surface area contributed by atoms with E-state index in [4.69, 9.17) is 25.3 Å². The van der Waals surface area contributed by atoms with Crippen LogP contribution in [0.5, 0.6) is 5.75 Å². The van der Waals surface area contributed by atoms with Crippen LogP contribution in [0.1, 0.15) is 38.4 Å². The monoisotopic (exact) mass is 681 g/mol. The van der Waals surface area contributed by atoms with E-state index in [2.05, 4.69) is 31.0 Å². The van der Waals surface area contributed by atoms with Gasteiger partial charge in [0.25, 0.3) is 0 Å². The summed E-state index contributed by atoms with van der Waals surface area (Å²) < 4.78 is 45.8. The molecule has 4 rings (SSSR count). The number of carbonyl (C=O) groups excluding carboxylic acids is 2. The van der Waals surface area contributed by atoms with Crippen molar-refractivity contribution in [2.75, 3.05) is 24.2 Å². The van der Waals surface area contributed by atoms with Crippen LogP contribution in [0.3, 0.4) is 0 Å². The van der Waals surface area contributed by atoms with Crippen molar-refractivity contribution < 1.29 is 37.4 Å². The number of aromatic nitrogens is 4. The Kier molecular flexibility index (Phi) is 9.24. The topological polar surface area (TPSA) is 218 Å². The van der Waals surface area contributed by atoms with Crippen LogP contribution < -0.4 is 16.0 Å². The average Bonchev–Trinajstić information content (AvgIpc) is 3.44. The number of alkyl halides is 2. The number of carbonyl (C=O) groups is 2. The first-order valence-electron chi connectivity index (χ1n) is 13.1. The van der Waals surface area contributed by atoms with E-state index in [1.807, 2.05) is 0 Å². The van der Waals surface area contributed by atoms with E-state index in [9.17, 15) is 24.5 Å². The normalized spacial score (nSPS) is 25.6. The molecule has 5 N–H and O–H groups in total. The van der Waals surface area contributed by atoms with Crippen molar-refractivity contribution in [1.82, 2.24) is 19.6 Å². The van der Waals surface area contributed by atoms with Crippen molar-refractivity contribution in [2.24, 2.45) is 5.92 Å². The standard InChI is InChI=1S/C26H30BrFN7O7P/c1-14(16(3)37)12-43(39,42-18-7-5-4-6-17(18)9-8-15(2)36)40-11-19-21(38)26(27,28)25(13-29,41-19)20-10-32-23-22(30)33-24(31)34-35(20)23/h4-7,10,14,19,21,38H,8-9,11-12H2,1-3H3,(H4,30,31,33,34)/t14-,19-,21+,25+,26?,43?/m1/s1. The number of nitriles is 1. The van der Waals surface area contributed by atoms with E-state index < -0.39 is 42.5 Å². The average molecular weight is 682 g/mol. The molecule has 3 heterocycles. The summed E-state index contributed by atoms with van der Waals surface area (Å²) in [4.78, 5) is 31.4. The molecule has 0 radical (unpaired) electrons. The van der Waals surface area contributed by atoms with Gasteiger partial charge in [-0.25, -0.2) is 18.5 Å². The minimum Gasteiger partial charge on any atom is -0.424 e. The fourth-order valence-corrected chi connectivity index (χ4v) is 7.21. The lowest BCUT2D eigenvalue weighted by Gasteiger charge is -2.28. The van der Waals surface area contributed by atoms with Gasteiger partial charge in [-0.2, -0.15) is 10.2 Å². The van der Waals surface area contributed by atoms with Crippen molar-refractivity contribution in [3.63, 3.8) is 0 Å². The van der Waals surface area contributed by atoms with E-state index in [0.717, 1.165) is 10.7 Å². The third-order valence-corrected chi connectivity index (χ3v) is 10.1. The fraction of sp³-hybridized carbons (Fsp3) is 0.462. The Bertz CT molecular complexity index is 1650. The summed E-state index contributed by atoms with van der Waals surface area (Å²) in [6, 6.07) is 8.34. The van der Waals surface area contributed by atoms with Crippen LogP contribution in [0.15, 0.2) is 30.5 Å². The van der Waals surface area contributed by atoms with Gasteiger partial charge in [0.1, 0.15) is 41.3 Å². The smallest absolute Gasteiger partial charge is 0.380 e. The van der Waals surface area contributed by atoms with Crippen LogP contribution in [0.25, 0.3) is 5.65 Å². The van der Waals surface area contributed by atoms with E-state index in [1.54, 1.807) is 37.3 Å². The predicted molar refractivity (Wildman–Crippen MR) is 155 cm³/mol. The lowest BCUT2D eigenvalue weighted by Crippen LogP contribution is -2.46. The maximum absolute atomic E-state index is 16.3. The highest BCUT2D eigenvalue weighted by Crippen LogP contribution is 2.55. The Morgan fingerprint density at radius 1 is 1.35 bits per heavy atom. The molecule has 0 amide bonds. The largest absolute Gasteiger partial charge is 0.424 e. The number of nitrogen functional groups attached to an aromatic ring is 2. The molecule has 43 heavy (non-hydrogen) atoms.